The first-order chi connectivity index (χ1) is 11.0. The molecule has 2 rings (SSSR count). The number of benzene rings is 2. The van der Waals surface area contributed by atoms with E-state index in [9.17, 15) is 14.9 Å². The molecule has 116 valence electrons. The maximum absolute atomic E-state index is 12.3. The lowest BCUT2D eigenvalue weighted by molar-refractivity contribution is -0.384. The molecule has 0 bridgehead atoms. The number of hydrogen-bond acceptors (Lipinski definition) is 4. The molecule has 2 aromatic rings. The van der Waals surface area contributed by atoms with Crippen LogP contribution in [0.2, 0.25) is 5.02 Å². The van der Waals surface area contributed by atoms with Crippen molar-refractivity contribution in [2.24, 2.45) is 0 Å². The third kappa shape index (κ3) is 4.28. The molecule has 0 N–H and O–H groups in total. The van der Waals surface area contributed by atoms with Crippen LogP contribution in [0.5, 0.6) is 5.75 Å². The number of nitro benzene ring substituents is 1. The molecule has 0 spiro atoms. The van der Waals surface area contributed by atoms with Crippen LogP contribution in [0.3, 0.4) is 0 Å². The summed E-state index contributed by atoms with van der Waals surface area (Å²) in [5.41, 5.74) is 0.784. The number of allylic oxidation sites excluding steroid dienone is 2. The molecule has 0 aliphatic carbocycles. The predicted octanol–water partition coefficient (Wildman–Crippen LogP) is 4.42. The second kappa shape index (κ2) is 7.38. The van der Waals surface area contributed by atoms with Gasteiger partial charge in [0.2, 0.25) is 0 Å². The van der Waals surface area contributed by atoms with Gasteiger partial charge in [-0.3, -0.25) is 10.1 Å². The molecule has 23 heavy (non-hydrogen) atoms. The fourth-order valence-corrected chi connectivity index (χ4v) is 2.04. The molecule has 0 aliphatic rings. The van der Waals surface area contributed by atoms with E-state index in [4.69, 9.17) is 16.3 Å². The number of carbonyl (C=O) groups excluding carboxylic acids is 1. The van der Waals surface area contributed by atoms with E-state index in [0.29, 0.717) is 10.6 Å². The van der Waals surface area contributed by atoms with Crippen molar-refractivity contribution in [2.75, 3.05) is 0 Å². The van der Waals surface area contributed by atoms with Crippen LogP contribution < -0.4 is 4.74 Å². The number of non-ortho nitro benzene ring substituents is 1. The van der Waals surface area contributed by atoms with Gasteiger partial charge in [0.05, 0.1) is 10.5 Å². The van der Waals surface area contributed by atoms with Crippen LogP contribution >= 0.6 is 11.6 Å². The second-order valence-corrected chi connectivity index (χ2v) is 4.90. The van der Waals surface area contributed by atoms with Gasteiger partial charge in [0.15, 0.2) is 0 Å². The topological polar surface area (TPSA) is 69.4 Å². The van der Waals surface area contributed by atoms with Crippen molar-refractivity contribution in [1.82, 2.24) is 0 Å². The van der Waals surface area contributed by atoms with Crippen molar-refractivity contribution in [3.05, 3.63) is 88.0 Å². The van der Waals surface area contributed by atoms with E-state index >= 15 is 0 Å². The van der Waals surface area contributed by atoms with E-state index in [-0.39, 0.29) is 17.0 Å². The van der Waals surface area contributed by atoms with Crippen molar-refractivity contribution in [2.45, 2.75) is 0 Å². The second-order valence-electron chi connectivity index (χ2n) is 4.47. The van der Waals surface area contributed by atoms with Crippen LogP contribution in [-0.2, 0) is 4.79 Å². The fraction of sp³-hybridized carbons (Fsp3) is 0. The predicted molar refractivity (Wildman–Crippen MR) is 88.4 cm³/mol. The summed E-state index contributed by atoms with van der Waals surface area (Å²) in [5, 5.41) is 11.1. The lowest BCUT2D eigenvalue weighted by Crippen LogP contribution is -2.10. The molecule has 0 atom stereocenters. The lowest BCUT2D eigenvalue weighted by atomic mass is 10.1. The first-order valence-electron chi connectivity index (χ1n) is 6.56. The summed E-state index contributed by atoms with van der Waals surface area (Å²) in [4.78, 5) is 22.4. The number of nitrogens with zero attached hydrogens (tertiary/aromatic N) is 1. The van der Waals surface area contributed by atoms with Crippen LogP contribution in [0.1, 0.15) is 5.56 Å². The third-order valence-corrected chi connectivity index (χ3v) is 3.13. The van der Waals surface area contributed by atoms with E-state index in [1.165, 1.54) is 36.4 Å². The fourth-order valence-electron chi connectivity index (χ4n) is 1.85. The first kappa shape index (κ1) is 16.5. The number of nitro groups is 1. The molecule has 2 aromatic carbocycles. The molecule has 0 heterocycles. The molecule has 0 saturated carbocycles. The maximum atomic E-state index is 12.3. The molecule has 0 fully saturated rings. The van der Waals surface area contributed by atoms with Crippen LogP contribution in [0.25, 0.3) is 5.57 Å². The molecule has 0 saturated heterocycles. The van der Waals surface area contributed by atoms with Crippen molar-refractivity contribution < 1.29 is 14.5 Å². The Bertz CT molecular complexity index is 781. The highest BCUT2D eigenvalue weighted by atomic mass is 35.5. The zero-order chi connectivity index (χ0) is 16.8. The minimum Gasteiger partial charge on any atom is -0.423 e. The number of rotatable bonds is 5. The van der Waals surface area contributed by atoms with Gasteiger partial charge in [-0.25, -0.2) is 4.79 Å². The van der Waals surface area contributed by atoms with Gasteiger partial charge in [0.25, 0.3) is 5.69 Å². The average molecular weight is 330 g/mol. The normalized spacial score (nSPS) is 10.9. The summed E-state index contributed by atoms with van der Waals surface area (Å²) in [6, 6.07) is 12.0. The van der Waals surface area contributed by atoms with Crippen molar-refractivity contribution in [3.8, 4) is 5.75 Å². The Kier molecular flexibility index (Phi) is 5.28. The van der Waals surface area contributed by atoms with Gasteiger partial charge in [-0.1, -0.05) is 36.4 Å². The minimum atomic E-state index is -0.610. The van der Waals surface area contributed by atoms with Crippen LogP contribution in [0.15, 0.2) is 67.3 Å². The highest BCUT2D eigenvalue weighted by molar-refractivity contribution is 6.31. The van der Waals surface area contributed by atoms with Gasteiger partial charge in [-0.05, 0) is 35.9 Å². The summed E-state index contributed by atoms with van der Waals surface area (Å²) in [6.07, 6.45) is 2.98. The monoisotopic (exact) mass is 329 g/mol. The van der Waals surface area contributed by atoms with Crippen LogP contribution in [-0.4, -0.2) is 10.9 Å². The first-order valence-corrected chi connectivity index (χ1v) is 6.94. The smallest absolute Gasteiger partial charge is 0.344 e. The number of ether oxygens (including phenoxy) is 1. The summed E-state index contributed by atoms with van der Waals surface area (Å²) < 4.78 is 5.24. The summed E-state index contributed by atoms with van der Waals surface area (Å²) >= 11 is 5.93. The highest BCUT2D eigenvalue weighted by Gasteiger charge is 2.15. The van der Waals surface area contributed by atoms with Gasteiger partial charge in [0.1, 0.15) is 5.75 Å². The van der Waals surface area contributed by atoms with E-state index in [1.54, 1.807) is 24.3 Å². The summed E-state index contributed by atoms with van der Waals surface area (Å²) in [5.74, 6) is -0.404. The number of esters is 1. The molecular weight excluding hydrogens is 318 g/mol. The van der Waals surface area contributed by atoms with Crippen molar-refractivity contribution in [1.29, 1.82) is 0 Å². The summed E-state index contributed by atoms with van der Waals surface area (Å²) in [6.45, 7) is 3.58. The minimum absolute atomic E-state index is 0.0819. The van der Waals surface area contributed by atoms with Gasteiger partial charge < -0.3 is 4.74 Å². The zero-order valence-corrected chi connectivity index (χ0v) is 12.7. The summed E-state index contributed by atoms with van der Waals surface area (Å²) in [7, 11) is 0. The average Bonchev–Trinajstić information content (AvgIpc) is 2.53. The maximum Gasteiger partial charge on any atom is 0.344 e. The molecular formula is C17H12ClNO4. The molecule has 5 nitrogen and oxygen atoms in total. The van der Waals surface area contributed by atoms with Crippen molar-refractivity contribution in [3.63, 3.8) is 0 Å². The quantitative estimate of drug-likeness (QED) is 0.203. The van der Waals surface area contributed by atoms with E-state index < -0.39 is 10.9 Å². The Morgan fingerprint density at radius 3 is 2.48 bits per heavy atom. The standard InChI is InChI=1S/C17H12ClNO4/c1-2-4-16(12-5-3-6-13(18)11-12)17(20)23-15-9-7-14(8-10-15)19(21)22/h2-11H,1H2. The number of hydrogen-bond donors (Lipinski definition) is 0. The van der Waals surface area contributed by atoms with Gasteiger partial charge in [-0.15, -0.1) is 0 Å². The Morgan fingerprint density at radius 2 is 1.91 bits per heavy atom. The Labute approximate surface area is 137 Å². The largest absolute Gasteiger partial charge is 0.423 e. The molecule has 6 heteroatoms. The molecule has 0 aliphatic heterocycles. The molecule has 0 unspecified atom stereocenters. The Balaban J connectivity index is 2.24. The van der Waals surface area contributed by atoms with Crippen LogP contribution in [0, 0.1) is 10.1 Å². The van der Waals surface area contributed by atoms with Gasteiger partial charge >= 0.3 is 5.97 Å². The van der Waals surface area contributed by atoms with Crippen molar-refractivity contribution >= 4 is 28.8 Å². The van der Waals surface area contributed by atoms with Gasteiger partial charge in [-0.2, -0.15) is 0 Å². The van der Waals surface area contributed by atoms with Crippen LogP contribution in [0.4, 0.5) is 5.69 Å². The number of halogens is 1. The van der Waals surface area contributed by atoms with E-state index in [2.05, 4.69) is 6.58 Å². The zero-order valence-electron chi connectivity index (χ0n) is 11.9. The Morgan fingerprint density at radius 1 is 1.22 bits per heavy atom. The molecule has 0 radical (unpaired) electrons. The SMILES string of the molecule is C=CC=C(C(=O)Oc1ccc([N+](=O)[O-])cc1)c1cccc(Cl)c1. The molecule has 0 amide bonds. The molecule has 0 aromatic heterocycles. The Hall–Kier alpha value is -2.92. The highest BCUT2D eigenvalue weighted by Crippen LogP contribution is 2.23. The third-order valence-electron chi connectivity index (χ3n) is 2.90. The number of carbonyl (C=O) groups is 1. The van der Waals surface area contributed by atoms with Gasteiger partial charge in [0, 0.05) is 17.2 Å². The lowest BCUT2D eigenvalue weighted by Gasteiger charge is -2.08. The van der Waals surface area contributed by atoms with E-state index in [0.717, 1.165) is 0 Å². The van der Waals surface area contributed by atoms with E-state index in [1.807, 2.05) is 0 Å².